The highest BCUT2D eigenvalue weighted by molar-refractivity contribution is 6.32. The second-order valence-electron chi connectivity index (χ2n) is 5.40. The van der Waals surface area contributed by atoms with Gasteiger partial charge in [0.15, 0.2) is 5.75 Å². The molecule has 3 rings (SSSR count). The van der Waals surface area contributed by atoms with Crippen LogP contribution in [0.4, 0.5) is 5.69 Å². The van der Waals surface area contributed by atoms with Gasteiger partial charge >= 0.3 is 0 Å². The number of carbonyl (C=O) groups excluding carboxylic acids is 1. The van der Waals surface area contributed by atoms with Crippen LogP contribution in [-0.4, -0.2) is 26.2 Å². The smallest absolute Gasteiger partial charge is 0.232 e. The van der Waals surface area contributed by atoms with Crippen LogP contribution in [0, 0.1) is 0 Å². The summed E-state index contributed by atoms with van der Waals surface area (Å²) in [5.41, 5.74) is 2.91. The zero-order chi connectivity index (χ0) is 16.2. The molecule has 120 valence electrons. The number of anilines is 1. The topological polar surface area (TPSA) is 47.6 Å². The number of halogens is 1. The minimum Gasteiger partial charge on any atom is -0.487 e. The lowest BCUT2D eigenvalue weighted by Gasteiger charge is -2.29. The standard InChI is InChI=1S/C18H18ClNO3/c1-22-9-10-23-17-15(19)7-4-8-16(17)20-18(21)14-11-12-5-2-3-6-13(12)14/h2-8,14H,9-11H2,1H3,(H,20,21). The molecule has 2 aromatic carbocycles. The predicted octanol–water partition coefficient (Wildman–Crippen LogP) is 3.64. The summed E-state index contributed by atoms with van der Waals surface area (Å²) < 4.78 is 10.6. The molecule has 0 aromatic heterocycles. The van der Waals surface area contributed by atoms with Crippen molar-refractivity contribution in [2.24, 2.45) is 0 Å². The van der Waals surface area contributed by atoms with Gasteiger partial charge < -0.3 is 14.8 Å². The fourth-order valence-electron chi connectivity index (χ4n) is 2.69. The highest BCUT2D eigenvalue weighted by atomic mass is 35.5. The molecule has 1 atom stereocenters. The SMILES string of the molecule is COCCOc1c(Cl)cccc1NC(=O)C1Cc2ccccc21. The first-order chi connectivity index (χ1) is 11.2. The summed E-state index contributed by atoms with van der Waals surface area (Å²) in [7, 11) is 1.60. The van der Waals surface area contributed by atoms with E-state index in [4.69, 9.17) is 21.1 Å². The number of amides is 1. The minimum absolute atomic E-state index is 0.0393. The van der Waals surface area contributed by atoms with Crippen LogP contribution in [0.15, 0.2) is 42.5 Å². The largest absolute Gasteiger partial charge is 0.487 e. The van der Waals surface area contributed by atoms with Crippen LogP contribution >= 0.6 is 11.6 Å². The Hall–Kier alpha value is -2.04. The van der Waals surface area contributed by atoms with Crippen LogP contribution in [0.3, 0.4) is 0 Å². The van der Waals surface area contributed by atoms with E-state index in [0.29, 0.717) is 29.7 Å². The van der Waals surface area contributed by atoms with Gasteiger partial charge in [-0.05, 0) is 29.7 Å². The van der Waals surface area contributed by atoms with Gasteiger partial charge in [0.2, 0.25) is 5.91 Å². The molecule has 0 fully saturated rings. The Morgan fingerprint density at radius 1 is 1.22 bits per heavy atom. The molecule has 0 bridgehead atoms. The number of ether oxygens (including phenoxy) is 2. The summed E-state index contributed by atoms with van der Waals surface area (Å²) in [5.74, 6) is 0.326. The Balaban J connectivity index is 1.73. The first kappa shape index (κ1) is 15.8. The van der Waals surface area contributed by atoms with Gasteiger partial charge in [-0.3, -0.25) is 4.79 Å². The number of carbonyl (C=O) groups is 1. The molecule has 0 spiro atoms. The second-order valence-corrected chi connectivity index (χ2v) is 5.81. The van der Waals surface area contributed by atoms with Crippen molar-refractivity contribution >= 4 is 23.2 Å². The van der Waals surface area contributed by atoms with Crippen LogP contribution < -0.4 is 10.1 Å². The number of methoxy groups -OCH3 is 1. The molecule has 0 aliphatic heterocycles. The first-order valence-corrected chi connectivity index (χ1v) is 7.87. The van der Waals surface area contributed by atoms with Gasteiger partial charge in [-0.1, -0.05) is 41.9 Å². The molecule has 0 heterocycles. The van der Waals surface area contributed by atoms with E-state index in [-0.39, 0.29) is 11.8 Å². The van der Waals surface area contributed by atoms with Gasteiger partial charge in [-0.2, -0.15) is 0 Å². The van der Waals surface area contributed by atoms with E-state index in [0.717, 1.165) is 12.0 Å². The van der Waals surface area contributed by atoms with E-state index < -0.39 is 0 Å². The molecule has 0 radical (unpaired) electrons. The number of benzene rings is 2. The van der Waals surface area contributed by atoms with E-state index in [2.05, 4.69) is 11.4 Å². The van der Waals surface area contributed by atoms with Gasteiger partial charge in [-0.15, -0.1) is 0 Å². The predicted molar refractivity (Wildman–Crippen MR) is 90.3 cm³/mol. The molecule has 2 aromatic rings. The monoisotopic (exact) mass is 331 g/mol. The van der Waals surface area contributed by atoms with Crippen LogP contribution in [0.25, 0.3) is 0 Å². The molecule has 4 nitrogen and oxygen atoms in total. The van der Waals surface area contributed by atoms with Crippen molar-refractivity contribution in [1.29, 1.82) is 0 Å². The van der Waals surface area contributed by atoms with Crippen molar-refractivity contribution in [3.8, 4) is 5.75 Å². The van der Waals surface area contributed by atoms with Crippen molar-refractivity contribution in [3.05, 3.63) is 58.6 Å². The Kier molecular flexibility index (Phi) is 4.84. The van der Waals surface area contributed by atoms with E-state index >= 15 is 0 Å². The number of para-hydroxylation sites is 1. The Morgan fingerprint density at radius 2 is 2.04 bits per heavy atom. The normalized spacial score (nSPS) is 15.5. The molecule has 23 heavy (non-hydrogen) atoms. The third-order valence-corrected chi connectivity index (χ3v) is 4.23. The fourth-order valence-corrected chi connectivity index (χ4v) is 2.92. The summed E-state index contributed by atoms with van der Waals surface area (Å²) in [6, 6.07) is 13.3. The summed E-state index contributed by atoms with van der Waals surface area (Å²) in [6.07, 6.45) is 0.766. The number of hydrogen-bond acceptors (Lipinski definition) is 3. The van der Waals surface area contributed by atoms with Gasteiger partial charge in [0.05, 0.1) is 23.2 Å². The van der Waals surface area contributed by atoms with Crippen molar-refractivity contribution < 1.29 is 14.3 Å². The minimum atomic E-state index is -0.114. The third-order valence-electron chi connectivity index (χ3n) is 3.93. The molecule has 0 saturated heterocycles. The van der Waals surface area contributed by atoms with Crippen LogP contribution in [0.5, 0.6) is 5.75 Å². The van der Waals surface area contributed by atoms with Gasteiger partial charge in [0.1, 0.15) is 6.61 Å². The van der Waals surface area contributed by atoms with E-state index in [1.54, 1.807) is 25.3 Å². The van der Waals surface area contributed by atoms with Crippen LogP contribution in [0.1, 0.15) is 17.0 Å². The number of hydrogen-bond donors (Lipinski definition) is 1. The average molecular weight is 332 g/mol. The van der Waals surface area contributed by atoms with Crippen molar-refractivity contribution in [3.63, 3.8) is 0 Å². The van der Waals surface area contributed by atoms with E-state index in [1.807, 2.05) is 18.2 Å². The maximum atomic E-state index is 12.5. The van der Waals surface area contributed by atoms with Gasteiger partial charge in [0.25, 0.3) is 0 Å². The maximum absolute atomic E-state index is 12.5. The number of fused-ring (bicyclic) bond motifs is 1. The lowest BCUT2D eigenvalue weighted by molar-refractivity contribution is -0.118. The molecule has 1 aliphatic carbocycles. The molecule has 0 saturated carbocycles. The molecule has 1 unspecified atom stereocenters. The second kappa shape index (κ2) is 7.02. The molecular weight excluding hydrogens is 314 g/mol. The number of nitrogens with one attached hydrogen (secondary N) is 1. The lowest BCUT2D eigenvalue weighted by atomic mass is 9.77. The van der Waals surface area contributed by atoms with E-state index in [9.17, 15) is 4.79 Å². The van der Waals surface area contributed by atoms with Crippen LogP contribution in [-0.2, 0) is 16.0 Å². The quantitative estimate of drug-likeness (QED) is 0.822. The van der Waals surface area contributed by atoms with Gasteiger partial charge in [0, 0.05) is 7.11 Å². The fraction of sp³-hybridized carbons (Fsp3) is 0.278. The lowest BCUT2D eigenvalue weighted by Crippen LogP contribution is -2.30. The molecule has 1 N–H and O–H groups in total. The van der Waals surface area contributed by atoms with Crippen molar-refractivity contribution in [2.45, 2.75) is 12.3 Å². The maximum Gasteiger partial charge on any atom is 0.232 e. The molecule has 5 heteroatoms. The molecular formula is C18H18ClNO3. The van der Waals surface area contributed by atoms with Crippen molar-refractivity contribution in [1.82, 2.24) is 0 Å². The molecule has 1 amide bonds. The summed E-state index contributed by atoms with van der Waals surface area (Å²) in [6.45, 7) is 0.823. The number of rotatable bonds is 6. The van der Waals surface area contributed by atoms with Crippen LogP contribution in [0.2, 0.25) is 5.02 Å². The summed E-state index contributed by atoms with van der Waals surface area (Å²) in [4.78, 5) is 12.5. The van der Waals surface area contributed by atoms with Crippen molar-refractivity contribution in [2.75, 3.05) is 25.6 Å². The average Bonchev–Trinajstić information content (AvgIpc) is 2.51. The highest BCUT2D eigenvalue weighted by Gasteiger charge is 2.32. The van der Waals surface area contributed by atoms with E-state index in [1.165, 1.54) is 5.56 Å². The first-order valence-electron chi connectivity index (χ1n) is 7.49. The Bertz CT molecular complexity index is 717. The third kappa shape index (κ3) is 3.33. The molecule has 1 aliphatic rings. The zero-order valence-corrected chi connectivity index (χ0v) is 13.6. The van der Waals surface area contributed by atoms with Gasteiger partial charge in [-0.25, -0.2) is 0 Å². The Morgan fingerprint density at radius 3 is 2.83 bits per heavy atom. The Labute approximate surface area is 140 Å². The summed E-state index contributed by atoms with van der Waals surface area (Å²) in [5, 5.41) is 3.40. The zero-order valence-electron chi connectivity index (χ0n) is 12.8. The highest BCUT2D eigenvalue weighted by Crippen LogP contribution is 2.38. The summed E-state index contributed by atoms with van der Waals surface area (Å²) >= 11 is 6.18.